The molecule has 0 fully saturated rings. The van der Waals surface area contributed by atoms with Crippen molar-refractivity contribution in [3.8, 4) is 6.19 Å². The molecule has 4 heteroatoms. The summed E-state index contributed by atoms with van der Waals surface area (Å²) in [4.78, 5) is 1.64. The predicted octanol–water partition coefficient (Wildman–Crippen LogP) is 1.95. The average Bonchev–Trinajstić information content (AvgIpc) is 2.58. The molecular weight excluding hydrogens is 176 g/mol. The van der Waals surface area contributed by atoms with Gasteiger partial charge in [0.2, 0.25) is 0 Å². The van der Waals surface area contributed by atoms with E-state index in [0.29, 0.717) is 0 Å². The van der Waals surface area contributed by atoms with E-state index >= 15 is 0 Å². The molecule has 0 aromatic heterocycles. The zero-order valence-electron chi connectivity index (χ0n) is 8.98. The molecule has 0 N–H and O–H groups in total. The molecule has 0 spiro atoms. The summed E-state index contributed by atoms with van der Waals surface area (Å²) >= 11 is 0. The summed E-state index contributed by atoms with van der Waals surface area (Å²) in [5.74, 6) is 0. The maximum Gasteiger partial charge on any atom is 0.187 e. The Labute approximate surface area is 85.8 Å². The minimum Gasteiger partial charge on any atom is -0.272 e. The van der Waals surface area contributed by atoms with Gasteiger partial charge in [0.05, 0.1) is 0 Å². The highest BCUT2D eigenvalue weighted by atomic mass is 15.6. The third kappa shape index (κ3) is 2.38. The molecule has 78 valence electrons. The van der Waals surface area contributed by atoms with E-state index in [1.165, 1.54) is 0 Å². The van der Waals surface area contributed by atoms with Gasteiger partial charge in [-0.3, -0.25) is 5.01 Å². The molecule has 0 aromatic rings. The largest absolute Gasteiger partial charge is 0.272 e. The molecular formula is C10H18N4. The van der Waals surface area contributed by atoms with E-state index < -0.39 is 0 Å². The molecule has 0 saturated heterocycles. The van der Waals surface area contributed by atoms with Gasteiger partial charge in [0, 0.05) is 6.54 Å². The van der Waals surface area contributed by atoms with Crippen molar-refractivity contribution in [3.05, 3.63) is 0 Å². The van der Waals surface area contributed by atoms with Crippen molar-refractivity contribution in [2.24, 2.45) is 5.10 Å². The Balaban J connectivity index is 2.50. The Morgan fingerprint density at radius 3 is 2.79 bits per heavy atom. The van der Waals surface area contributed by atoms with E-state index in [4.69, 9.17) is 5.26 Å². The lowest BCUT2D eigenvalue weighted by Crippen LogP contribution is -2.37. The smallest absolute Gasteiger partial charge is 0.187 e. The number of nitrogens with zero attached hydrogens (tertiary/aromatic N) is 4. The van der Waals surface area contributed by atoms with Gasteiger partial charge >= 0.3 is 0 Å². The van der Waals surface area contributed by atoms with Crippen LogP contribution >= 0.6 is 0 Å². The Kier molecular flexibility index (Phi) is 4.24. The molecule has 1 unspecified atom stereocenters. The lowest BCUT2D eigenvalue weighted by Gasteiger charge is -2.25. The maximum atomic E-state index is 8.86. The van der Waals surface area contributed by atoms with E-state index in [9.17, 15) is 0 Å². The fourth-order valence-corrected chi connectivity index (χ4v) is 1.59. The van der Waals surface area contributed by atoms with Crippen molar-refractivity contribution in [1.82, 2.24) is 9.91 Å². The van der Waals surface area contributed by atoms with Gasteiger partial charge in [0.25, 0.3) is 0 Å². The van der Waals surface area contributed by atoms with Crippen LogP contribution in [0.1, 0.15) is 39.5 Å². The topological polar surface area (TPSA) is 42.6 Å². The second kappa shape index (κ2) is 5.48. The van der Waals surface area contributed by atoms with E-state index in [2.05, 4.69) is 25.1 Å². The Morgan fingerprint density at radius 1 is 1.43 bits per heavy atom. The second-order valence-electron chi connectivity index (χ2n) is 3.52. The second-order valence-corrected chi connectivity index (χ2v) is 3.52. The molecule has 1 heterocycles. The van der Waals surface area contributed by atoms with Gasteiger partial charge in [-0.1, -0.05) is 26.7 Å². The van der Waals surface area contributed by atoms with Gasteiger partial charge in [-0.05, 0) is 12.8 Å². The SMILES string of the molecule is CCCCN1N=CN(C#N)C1CCC. The van der Waals surface area contributed by atoms with Crippen LogP contribution in [0.3, 0.4) is 0 Å². The molecule has 0 radical (unpaired) electrons. The molecule has 0 amide bonds. The predicted molar refractivity (Wildman–Crippen MR) is 56.3 cm³/mol. The Bertz CT molecular complexity index is 231. The van der Waals surface area contributed by atoms with Crippen LogP contribution in [-0.4, -0.2) is 29.0 Å². The summed E-state index contributed by atoms with van der Waals surface area (Å²) in [6.45, 7) is 5.25. The lowest BCUT2D eigenvalue weighted by atomic mass is 10.2. The fourth-order valence-electron chi connectivity index (χ4n) is 1.59. The average molecular weight is 194 g/mol. The van der Waals surface area contributed by atoms with Gasteiger partial charge < -0.3 is 0 Å². The van der Waals surface area contributed by atoms with Crippen LogP contribution in [0, 0.1) is 11.5 Å². The first-order chi connectivity index (χ1) is 6.83. The number of hydrogen-bond acceptors (Lipinski definition) is 4. The van der Waals surface area contributed by atoms with Crippen LogP contribution in [0.2, 0.25) is 0 Å². The number of rotatable bonds is 5. The quantitative estimate of drug-likeness (QED) is 0.628. The van der Waals surface area contributed by atoms with Crippen molar-refractivity contribution in [2.45, 2.75) is 45.7 Å². The molecule has 1 rings (SSSR count). The third-order valence-electron chi connectivity index (χ3n) is 2.39. The van der Waals surface area contributed by atoms with Crippen LogP contribution < -0.4 is 0 Å². The van der Waals surface area contributed by atoms with Crippen LogP contribution in [-0.2, 0) is 0 Å². The first-order valence-corrected chi connectivity index (χ1v) is 5.32. The number of nitriles is 1. The van der Waals surface area contributed by atoms with Gasteiger partial charge in [-0.15, -0.1) is 0 Å². The van der Waals surface area contributed by atoms with Gasteiger partial charge in [0.15, 0.2) is 6.19 Å². The van der Waals surface area contributed by atoms with Crippen molar-refractivity contribution in [3.63, 3.8) is 0 Å². The molecule has 4 nitrogen and oxygen atoms in total. The first-order valence-electron chi connectivity index (χ1n) is 5.32. The molecule has 1 aliphatic rings. The van der Waals surface area contributed by atoms with Crippen molar-refractivity contribution in [1.29, 1.82) is 5.26 Å². The van der Waals surface area contributed by atoms with Crippen molar-refractivity contribution >= 4 is 6.34 Å². The van der Waals surface area contributed by atoms with Crippen molar-refractivity contribution in [2.75, 3.05) is 6.54 Å². The van der Waals surface area contributed by atoms with E-state index in [1.807, 2.05) is 5.01 Å². The van der Waals surface area contributed by atoms with Crippen LogP contribution in [0.15, 0.2) is 5.10 Å². The molecule has 14 heavy (non-hydrogen) atoms. The summed E-state index contributed by atoms with van der Waals surface area (Å²) in [6, 6.07) is 0. The van der Waals surface area contributed by atoms with Crippen LogP contribution in [0.5, 0.6) is 0 Å². The minimum absolute atomic E-state index is 0.163. The Hall–Kier alpha value is -1.24. The van der Waals surface area contributed by atoms with Gasteiger partial charge in [-0.2, -0.15) is 10.4 Å². The molecule has 0 bridgehead atoms. The highest BCUT2D eigenvalue weighted by Gasteiger charge is 2.26. The Morgan fingerprint density at radius 2 is 2.21 bits per heavy atom. The van der Waals surface area contributed by atoms with Crippen LogP contribution in [0.25, 0.3) is 0 Å². The summed E-state index contributed by atoms with van der Waals surface area (Å²) in [5, 5.41) is 15.1. The fraction of sp³-hybridized carbons (Fsp3) is 0.800. The van der Waals surface area contributed by atoms with Crippen LogP contribution in [0.4, 0.5) is 0 Å². The van der Waals surface area contributed by atoms with Crippen molar-refractivity contribution < 1.29 is 0 Å². The zero-order valence-corrected chi connectivity index (χ0v) is 8.98. The molecule has 1 aliphatic heterocycles. The highest BCUT2D eigenvalue weighted by molar-refractivity contribution is 5.59. The van der Waals surface area contributed by atoms with E-state index in [-0.39, 0.29) is 6.17 Å². The normalized spacial score (nSPS) is 20.2. The molecule has 0 saturated carbocycles. The first kappa shape index (κ1) is 10.8. The number of unbranched alkanes of at least 4 members (excludes halogenated alkanes) is 1. The highest BCUT2D eigenvalue weighted by Crippen LogP contribution is 2.16. The molecule has 1 atom stereocenters. The third-order valence-corrected chi connectivity index (χ3v) is 2.39. The minimum atomic E-state index is 0.163. The summed E-state index contributed by atoms with van der Waals surface area (Å²) in [5.41, 5.74) is 0. The van der Waals surface area contributed by atoms with Gasteiger partial charge in [-0.25, -0.2) is 4.90 Å². The van der Waals surface area contributed by atoms with Gasteiger partial charge in [0.1, 0.15) is 12.5 Å². The monoisotopic (exact) mass is 194 g/mol. The maximum absolute atomic E-state index is 8.86. The lowest BCUT2D eigenvalue weighted by molar-refractivity contribution is 0.149. The summed E-state index contributed by atoms with van der Waals surface area (Å²) < 4.78 is 0. The van der Waals surface area contributed by atoms with E-state index in [0.717, 1.165) is 32.2 Å². The molecule has 0 aromatic carbocycles. The molecule has 0 aliphatic carbocycles. The summed E-state index contributed by atoms with van der Waals surface area (Å²) in [7, 11) is 0. The zero-order chi connectivity index (χ0) is 10.4. The number of hydrazone groups is 1. The van der Waals surface area contributed by atoms with E-state index in [1.54, 1.807) is 11.2 Å². The summed E-state index contributed by atoms with van der Waals surface area (Å²) in [6.07, 6.45) is 8.32. The number of hydrogen-bond donors (Lipinski definition) is 0. The standard InChI is InChI=1S/C10H18N4/c1-3-5-7-14-10(6-4-2)13(8-11)9-12-14/h9-10H,3-7H2,1-2H3.